The number of hydrogen-bond acceptors (Lipinski definition) is 6. The third-order valence-corrected chi connectivity index (χ3v) is 7.20. The monoisotopic (exact) mass is 510 g/mol. The topological polar surface area (TPSA) is 74.3 Å². The molecule has 1 N–H and O–H groups in total. The van der Waals surface area contributed by atoms with Crippen molar-refractivity contribution in [3.8, 4) is 11.8 Å². The van der Waals surface area contributed by atoms with Crippen LogP contribution in [-0.4, -0.2) is 50.4 Å². The van der Waals surface area contributed by atoms with Gasteiger partial charge in [0.2, 0.25) is 0 Å². The van der Waals surface area contributed by atoms with Crippen molar-refractivity contribution >= 4 is 35.8 Å². The number of piperidine rings is 1. The SMILES string of the molecule is CNC.Cc1c(OCC2CC2)ccc2c(CCC3CCN(CC4(C#N)CC4)CC3)noc12.Cl.Cl. The van der Waals surface area contributed by atoms with Crippen molar-refractivity contribution in [2.75, 3.05) is 40.3 Å². The number of benzene rings is 1. The summed E-state index contributed by atoms with van der Waals surface area (Å²) in [5.41, 5.74) is 3.03. The highest BCUT2D eigenvalue weighted by molar-refractivity contribution is 5.86. The fourth-order valence-electron chi connectivity index (χ4n) is 4.66. The Morgan fingerprint density at radius 3 is 2.41 bits per heavy atom. The lowest BCUT2D eigenvalue weighted by atomic mass is 9.90. The van der Waals surface area contributed by atoms with E-state index in [1.807, 2.05) is 14.1 Å². The zero-order valence-electron chi connectivity index (χ0n) is 20.8. The van der Waals surface area contributed by atoms with Crippen LogP contribution in [0.4, 0.5) is 0 Å². The molecular weight excluding hydrogens is 471 g/mol. The van der Waals surface area contributed by atoms with Crippen molar-refractivity contribution in [3.63, 3.8) is 0 Å². The summed E-state index contributed by atoms with van der Waals surface area (Å²) in [5.74, 6) is 2.43. The summed E-state index contributed by atoms with van der Waals surface area (Å²) in [7, 11) is 3.75. The number of nitrogens with one attached hydrogen (secondary N) is 1. The molecule has 0 spiro atoms. The minimum atomic E-state index is -0.00838. The summed E-state index contributed by atoms with van der Waals surface area (Å²) in [6.45, 7) is 6.14. The maximum atomic E-state index is 9.31. The van der Waals surface area contributed by atoms with Crippen LogP contribution >= 0.6 is 24.8 Å². The maximum Gasteiger partial charge on any atom is 0.173 e. The second kappa shape index (κ2) is 13.0. The zero-order chi connectivity index (χ0) is 22.6. The molecule has 1 aliphatic heterocycles. The van der Waals surface area contributed by atoms with E-state index in [4.69, 9.17) is 9.26 Å². The number of nitriles is 1. The first-order chi connectivity index (χ1) is 15.6. The van der Waals surface area contributed by atoms with Gasteiger partial charge in [-0.2, -0.15) is 5.26 Å². The second-order valence-electron chi connectivity index (χ2n) is 10.1. The number of fused-ring (bicyclic) bond motifs is 1. The first kappa shape index (κ1) is 28.7. The predicted molar refractivity (Wildman–Crippen MR) is 141 cm³/mol. The Bertz CT molecular complexity index is 942. The number of aromatic nitrogens is 1. The van der Waals surface area contributed by atoms with Crippen molar-refractivity contribution in [2.24, 2.45) is 17.3 Å². The van der Waals surface area contributed by atoms with Gasteiger partial charge in [0.25, 0.3) is 0 Å². The zero-order valence-corrected chi connectivity index (χ0v) is 22.4. The Labute approximate surface area is 216 Å². The van der Waals surface area contributed by atoms with Gasteiger partial charge in [-0.1, -0.05) is 5.16 Å². The smallest absolute Gasteiger partial charge is 0.173 e. The van der Waals surface area contributed by atoms with Crippen LogP contribution in [0.15, 0.2) is 16.7 Å². The van der Waals surface area contributed by atoms with Gasteiger partial charge in [-0.3, -0.25) is 0 Å². The van der Waals surface area contributed by atoms with Gasteiger partial charge in [-0.25, -0.2) is 0 Å². The first-order valence-electron chi connectivity index (χ1n) is 12.3. The Hall–Kier alpha value is -1.52. The highest BCUT2D eigenvalue weighted by Crippen LogP contribution is 2.46. The number of ether oxygens (including phenoxy) is 1. The number of nitrogens with zero attached hydrogens (tertiary/aromatic N) is 3. The summed E-state index contributed by atoms with van der Waals surface area (Å²) >= 11 is 0. The molecule has 1 aromatic heterocycles. The molecule has 1 aromatic carbocycles. The normalized spacial score (nSPS) is 19.2. The van der Waals surface area contributed by atoms with Gasteiger partial charge in [0.1, 0.15) is 5.75 Å². The van der Waals surface area contributed by atoms with E-state index in [0.29, 0.717) is 0 Å². The molecular formula is C26H40Cl2N4O2. The molecule has 8 heteroatoms. The second-order valence-corrected chi connectivity index (χ2v) is 10.1. The molecule has 0 atom stereocenters. The maximum absolute atomic E-state index is 9.31. The Kier molecular flexibility index (Phi) is 11.0. The Morgan fingerprint density at radius 1 is 1.15 bits per heavy atom. The van der Waals surface area contributed by atoms with Crippen LogP contribution in [-0.2, 0) is 6.42 Å². The summed E-state index contributed by atoms with van der Waals surface area (Å²) in [4.78, 5) is 2.50. The molecule has 34 heavy (non-hydrogen) atoms. The van der Waals surface area contributed by atoms with Crippen LogP contribution in [0.2, 0.25) is 0 Å². The minimum Gasteiger partial charge on any atom is -0.493 e. The number of halogens is 2. The van der Waals surface area contributed by atoms with E-state index in [1.165, 1.54) is 25.7 Å². The lowest BCUT2D eigenvalue weighted by Gasteiger charge is -2.33. The van der Waals surface area contributed by atoms with E-state index in [-0.39, 0.29) is 30.2 Å². The number of rotatable bonds is 8. The third kappa shape index (κ3) is 7.24. The van der Waals surface area contributed by atoms with Gasteiger partial charge in [-0.05, 0) is 109 Å². The lowest BCUT2D eigenvalue weighted by Crippen LogP contribution is -2.37. The van der Waals surface area contributed by atoms with Crippen molar-refractivity contribution < 1.29 is 9.26 Å². The van der Waals surface area contributed by atoms with Crippen LogP contribution in [0.5, 0.6) is 5.75 Å². The number of likely N-dealkylation sites (tertiary alicyclic amines) is 1. The molecule has 0 radical (unpaired) electrons. The van der Waals surface area contributed by atoms with E-state index >= 15 is 0 Å². The molecule has 1 saturated heterocycles. The van der Waals surface area contributed by atoms with E-state index in [0.717, 1.165) is 91.7 Å². The quantitative estimate of drug-likeness (QED) is 0.501. The number of aryl methyl sites for hydroxylation is 2. The average Bonchev–Trinajstić information content (AvgIpc) is 3.73. The molecule has 2 aromatic rings. The largest absolute Gasteiger partial charge is 0.493 e. The Balaban J connectivity index is 0.000000778. The molecule has 3 aliphatic rings. The summed E-state index contributed by atoms with van der Waals surface area (Å²) in [5, 5.41) is 17.6. The number of hydrogen-bond donors (Lipinski definition) is 1. The van der Waals surface area contributed by atoms with Crippen molar-refractivity contribution in [1.82, 2.24) is 15.4 Å². The fourth-order valence-corrected chi connectivity index (χ4v) is 4.66. The molecule has 2 saturated carbocycles. The standard InChI is InChI=1S/C24H31N3O2.C2H7N.2ClH/c1-17-22(28-14-19-2-3-19)7-5-20-21(26-29-23(17)20)6-4-18-8-12-27(13-9-18)16-24(15-25)10-11-24;1-3-2;;/h5,7,18-19H,2-4,6,8-14,16H2,1H3;3H,1-2H3;2*1H. The van der Waals surface area contributed by atoms with Gasteiger partial charge in [-0.15, -0.1) is 24.8 Å². The molecule has 5 rings (SSSR count). The molecule has 0 bridgehead atoms. The summed E-state index contributed by atoms with van der Waals surface area (Å²) in [6, 6.07) is 6.73. The summed E-state index contributed by atoms with van der Waals surface area (Å²) < 4.78 is 11.7. The molecule has 2 aliphatic carbocycles. The van der Waals surface area contributed by atoms with Crippen molar-refractivity contribution in [2.45, 2.75) is 58.3 Å². The van der Waals surface area contributed by atoms with Crippen LogP contribution in [0.25, 0.3) is 11.0 Å². The molecule has 190 valence electrons. The minimum absolute atomic E-state index is 0. The predicted octanol–water partition coefficient (Wildman–Crippen LogP) is 5.55. The Morgan fingerprint density at radius 2 is 1.82 bits per heavy atom. The van der Waals surface area contributed by atoms with E-state index in [1.54, 1.807) is 0 Å². The summed E-state index contributed by atoms with van der Waals surface area (Å²) in [6.07, 6.45) is 9.38. The highest BCUT2D eigenvalue weighted by atomic mass is 35.5. The molecule has 2 heterocycles. The molecule has 0 amide bonds. The third-order valence-electron chi connectivity index (χ3n) is 7.20. The van der Waals surface area contributed by atoms with E-state index in [2.05, 4.69) is 40.5 Å². The molecule has 3 fully saturated rings. The van der Waals surface area contributed by atoms with Gasteiger partial charge in [0.15, 0.2) is 5.58 Å². The van der Waals surface area contributed by atoms with Crippen molar-refractivity contribution in [3.05, 3.63) is 23.4 Å². The lowest BCUT2D eigenvalue weighted by molar-refractivity contribution is 0.162. The molecule has 6 nitrogen and oxygen atoms in total. The van der Waals surface area contributed by atoms with E-state index < -0.39 is 0 Å². The van der Waals surface area contributed by atoms with Crippen LogP contribution in [0.1, 0.15) is 56.2 Å². The van der Waals surface area contributed by atoms with Gasteiger partial charge in [0.05, 0.1) is 23.8 Å². The van der Waals surface area contributed by atoms with Crippen molar-refractivity contribution in [1.29, 1.82) is 5.26 Å². The highest BCUT2D eigenvalue weighted by Gasteiger charge is 2.44. The van der Waals surface area contributed by atoms with Gasteiger partial charge < -0.3 is 19.5 Å². The van der Waals surface area contributed by atoms with Crippen LogP contribution in [0.3, 0.4) is 0 Å². The fraction of sp³-hybridized carbons (Fsp3) is 0.692. The average molecular weight is 512 g/mol. The van der Waals surface area contributed by atoms with Gasteiger partial charge >= 0.3 is 0 Å². The van der Waals surface area contributed by atoms with Crippen LogP contribution in [0, 0.1) is 35.5 Å². The van der Waals surface area contributed by atoms with E-state index in [9.17, 15) is 5.26 Å². The van der Waals surface area contributed by atoms with Crippen LogP contribution < -0.4 is 10.1 Å². The van der Waals surface area contributed by atoms with Gasteiger partial charge in [0, 0.05) is 17.5 Å². The first-order valence-corrected chi connectivity index (χ1v) is 12.3. The molecule has 0 unspecified atom stereocenters.